The quantitative estimate of drug-likeness (QED) is 0.194. The van der Waals surface area contributed by atoms with Gasteiger partial charge in [0, 0.05) is 0 Å². The molecule has 0 amide bonds. The monoisotopic (exact) mass is 580 g/mol. The average Bonchev–Trinajstić information content (AvgIpc) is 3.74. The Kier molecular flexibility index (Phi) is 5.37. The number of rotatable bonds is 4. The van der Waals surface area contributed by atoms with Crippen molar-refractivity contribution < 1.29 is 23.3 Å². The molecule has 0 spiro atoms. The van der Waals surface area contributed by atoms with Crippen molar-refractivity contribution >= 4 is 63.5 Å². The normalized spacial score (nSPS) is 18.3. The minimum absolute atomic E-state index is 0.153. The van der Waals surface area contributed by atoms with E-state index in [4.69, 9.17) is 27.4 Å². The van der Waals surface area contributed by atoms with Gasteiger partial charge in [0.15, 0.2) is 0 Å². The molecule has 0 radical (unpaired) electrons. The van der Waals surface area contributed by atoms with Gasteiger partial charge in [0.2, 0.25) is 0 Å². The van der Waals surface area contributed by atoms with Gasteiger partial charge >= 0.3 is 239 Å². The summed E-state index contributed by atoms with van der Waals surface area (Å²) in [4.78, 5) is 0. The van der Waals surface area contributed by atoms with E-state index in [1.807, 2.05) is 36.8 Å². The third-order valence-electron chi connectivity index (χ3n) is 8.17. The van der Waals surface area contributed by atoms with E-state index in [0.29, 0.717) is 0 Å². The second-order valence-corrected chi connectivity index (χ2v) is 20.2. The van der Waals surface area contributed by atoms with Crippen molar-refractivity contribution in [2.24, 2.45) is 0 Å². The summed E-state index contributed by atoms with van der Waals surface area (Å²) in [5.74, 6) is 1.70. The van der Waals surface area contributed by atoms with Gasteiger partial charge in [0.1, 0.15) is 0 Å². The molecule has 0 fully saturated rings. The standard InChI is InChI=1S/2C17H11O.2ClH.Ti/c2*1-2-6-13-10-15(9-12(13)5-1)17-16-8-4-3-7-14(16)11-18-17;;;/h2*1-11H;2*1H;/q;;;;+2/p-2. The molecule has 2 nitrogen and oxygen atoms in total. The van der Waals surface area contributed by atoms with E-state index in [0.717, 1.165) is 55.3 Å². The molecular formula is C34H22Cl2O2Ti. The zero-order chi connectivity index (χ0) is 26.1. The molecule has 2 aliphatic carbocycles. The van der Waals surface area contributed by atoms with Gasteiger partial charge in [-0.3, -0.25) is 0 Å². The third-order valence-corrected chi connectivity index (χ3v) is 16.1. The average molecular weight is 581 g/mol. The Morgan fingerprint density at radius 1 is 0.513 bits per heavy atom. The van der Waals surface area contributed by atoms with Crippen LogP contribution in [0.5, 0.6) is 0 Å². The van der Waals surface area contributed by atoms with E-state index in [9.17, 15) is 0 Å². The van der Waals surface area contributed by atoms with Gasteiger partial charge in [-0.2, -0.15) is 0 Å². The van der Waals surface area contributed by atoms with E-state index in [1.54, 1.807) is 0 Å². The molecule has 2 atom stereocenters. The molecule has 5 heteroatoms. The fraction of sp³-hybridized carbons (Fsp3) is 0.0588. The van der Waals surface area contributed by atoms with Crippen LogP contribution in [0.25, 0.3) is 44.8 Å². The first kappa shape index (κ1) is 23.6. The number of hydrogen-bond donors (Lipinski definition) is 0. The zero-order valence-electron chi connectivity index (χ0n) is 20.8. The Bertz CT molecular complexity index is 1830. The Morgan fingerprint density at radius 3 is 1.41 bits per heavy atom. The van der Waals surface area contributed by atoms with E-state index >= 15 is 0 Å². The van der Waals surface area contributed by atoms with E-state index in [2.05, 4.69) is 84.9 Å². The predicted octanol–water partition coefficient (Wildman–Crippen LogP) is 10.5. The molecule has 0 N–H and O–H groups in total. The van der Waals surface area contributed by atoms with Gasteiger partial charge in [0.05, 0.1) is 0 Å². The van der Waals surface area contributed by atoms with Crippen LogP contribution >= 0.6 is 18.6 Å². The summed E-state index contributed by atoms with van der Waals surface area (Å²) in [5.41, 5.74) is 6.77. The maximum absolute atomic E-state index is 7.92. The number of allylic oxidation sites excluding steroid dienone is 2. The minimum atomic E-state index is -3.96. The van der Waals surface area contributed by atoms with Crippen LogP contribution in [0.3, 0.4) is 0 Å². The van der Waals surface area contributed by atoms with Crippen LogP contribution in [0, 0.1) is 0 Å². The summed E-state index contributed by atoms with van der Waals surface area (Å²) in [6.45, 7) is 0. The topological polar surface area (TPSA) is 26.3 Å². The van der Waals surface area contributed by atoms with E-state index in [1.165, 1.54) is 11.1 Å². The molecule has 6 aromatic rings. The summed E-state index contributed by atoms with van der Waals surface area (Å²) in [7, 11) is 15.8. The van der Waals surface area contributed by atoms with Crippen LogP contribution in [-0.4, -0.2) is 0 Å². The van der Waals surface area contributed by atoms with Crippen LogP contribution in [0.1, 0.15) is 42.2 Å². The van der Waals surface area contributed by atoms with Gasteiger partial charge in [-0.15, -0.1) is 0 Å². The summed E-state index contributed by atoms with van der Waals surface area (Å²) in [5, 5.41) is 4.29. The molecule has 188 valence electrons. The van der Waals surface area contributed by atoms with Crippen molar-refractivity contribution in [2.45, 2.75) is 8.45 Å². The number of benzene rings is 4. The summed E-state index contributed by atoms with van der Waals surface area (Å²) >= 11 is -3.96. The van der Waals surface area contributed by atoms with Crippen molar-refractivity contribution in [3.05, 3.63) is 143 Å². The van der Waals surface area contributed by atoms with Crippen LogP contribution in [0.2, 0.25) is 0 Å². The van der Waals surface area contributed by atoms with Crippen LogP contribution in [0.15, 0.2) is 118 Å². The summed E-state index contributed by atoms with van der Waals surface area (Å²) < 4.78 is 12.2. The molecule has 0 saturated carbocycles. The van der Waals surface area contributed by atoms with Gasteiger partial charge in [-0.05, 0) is 0 Å². The first-order valence-electron chi connectivity index (χ1n) is 13.0. The Labute approximate surface area is 237 Å². The molecule has 2 heterocycles. The summed E-state index contributed by atoms with van der Waals surface area (Å²) in [6.07, 6.45) is 8.10. The van der Waals surface area contributed by atoms with Crippen molar-refractivity contribution in [1.29, 1.82) is 0 Å². The SMILES string of the molecule is [Cl][Ti]([Cl])([CH]1C(c2occ3ccccc23)=Cc2ccccc21)[CH]1C(c2occ3ccccc23)=Cc2ccccc21. The Morgan fingerprint density at radius 2 is 0.923 bits per heavy atom. The second-order valence-electron chi connectivity index (χ2n) is 10.3. The second kappa shape index (κ2) is 8.88. The van der Waals surface area contributed by atoms with Crippen molar-refractivity contribution in [3.63, 3.8) is 0 Å². The molecule has 2 aliphatic rings. The third kappa shape index (κ3) is 3.53. The number of furan rings is 2. The molecule has 2 unspecified atom stereocenters. The molecule has 2 aromatic heterocycles. The molecular weight excluding hydrogens is 559 g/mol. The molecule has 39 heavy (non-hydrogen) atoms. The maximum atomic E-state index is 7.92. The fourth-order valence-electron chi connectivity index (χ4n) is 6.47. The molecule has 0 saturated heterocycles. The summed E-state index contributed by atoms with van der Waals surface area (Å²) in [6, 6.07) is 33.4. The number of halogens is 2. The van der Waals surface area contributed by atoms with E-state index < -0.39 is 14.5 Å². The van der Waals surface area contributed by atoms with Gasteiger partial charge in [-0.1, -0.05) is 0 Å². The Balaban J connectivity index is 1.34. The fourth-order valence-corrected chi connectivity index (χ4v) is 14.9. The van der Waals surface area contributed by atoms with Gasteiger partial charge in [-0.25, -0.2) is 0 Å². The Hall–Kier alpha value is -3.27. The van der Waals surface area contributed by atoms with Crippen LogP contribution < -0.4 is 0 Å². The van der Waals surface area contributed by atoms with Crippen molar-refractivity contribution in [2.75, 3.05) is 0 Å². The molecule has 8 rings (SSSR count). The van der Waals surface area contributed by atoms with Crippen molar-refractivity contribution in [1.82, 2.24) is 0 Å². The molecule has 4 aromatic carbocycles. The van der Waals surface area contributed by atoms with Crippen molar-refractivity contribution in [3.8, 4) is 0 Å². The van der Waals surface area contributed by atoms with E-state index in [-0.39, 0.29) is 8.45 Å². The van der Waals surface area contributed by atoms with Gasteiger partial charge < -0.3 is 0 Å². The number of hydrogen-bond acceptors (Lipinski definition) is 2. The first-order valence-corrected chi connectivity index (χ1v) is 19.1. The number of fused-ring (bicyclic) bond motifs is 4. The van der Waals surface area contributed by atoms with Crippen LogP contribution in [-0.2, 0) is 14.5 Å². The molecule has 0 bridgehead atoms. The first-order chi connectivity index (χ1) is 19.1. The van der Waals surface area contributed by atoms with Gasteiger partial charge in [0.25, 0.3) is 0 Å². The zero-order valence-corrected chi connectivity index (χ0v) is 23.8. The van der Waals surface area contributed by atoms with Crippen LogP contribution in [0.4, 0.5) is 0 Å². The predicted molar refractivity (Wildman–Crippen MR) is 158 cm³/mol. The molecule has 0 aliphatic heterocycles.